The van der Waals surface area contributed by atoms with Gasteiger partial charge in [0.25, 0.3) is 5.91 Å². The molecule has 1 N–H and O–H groups in total. The number of pyridine rings is 1. The van der Waals surface area contributed by atoms with Crippen molar-refractivity contribution in [2.45, 2.75) is 90.4 Å². The number of nitrogens with zero attached hydrogens (tertiary/aromatic N) is 4. The van der Waals surface area contributed by atoms with Gasteiger partial charge in [-0.1, -0.05) is 6.07 Å². The summed E-state index contributed by atoms with van der Waals surface area (Å²) in [6.07, 6.45) is 6.40. The lowest BCUT2D eigenvalue weighted by Gasteiger charge is -2.36. The monoisotopic (exact) mass is 629 g/mol. The van der Waals surface area contributed by atoms with Crippen molar-refractivity contribution in [1.29, 1.82) is 0 Å². The highest BCUT2D eigenvalue weighted by Crippen LogP contribution is 2.38. The lowest BCUT2D eigenvalue weighted by molar-refractivity contribution is 0.0567. The number of aryl methyl sites for hydroxylation is 1. The number of likely N-dealkylation sites (tertiary alicyclic amines) is 1. The molecular formula is C33H45F2N5O3S. The van der Waals surface area contributed by atoms with Gasteiger partial charge in [-0.15, -0.1) is 0 Å². The van der Waals surface area contributed by atoms with E-state index in [0.717, 1.165) is 35.4 Å². The molecule has 1 aliphatic heterocycles. The van der Waals surface area contributed by atoms with E-state index in [-0.39, 0.29) is 29.7 Å². The van der Waals surface area contributed by atoms with E-state index < -0.39 is 21.5 Å². The Hall–Kier alpha value is -2.89. The number of benzene rings is 1. The molecule has 0 spiro atoms. The maximum atomic E-state index is 16.0. The number of aromatic nitrogens is 2. The lowest BCUT2D eigenvalue weighted by atomic mass is 9.83. The Morgan fingerprint density at radius 1 is 1.16 bits per heavy atom. The van der Waals surface area contributed by atoms with Crippen LogP contribution in [0.3, 0.4) is 0 Å². The highest BCUT2D eigenvalue weighted by atomic mass is 32.2. The van der Waals surface area contributed by atoms with Gasteiger partial charge in [-0.3, -0.25) is 9.69 Å². The van der Waals surface area contributed by atoms with Gasteiger partial charge in [-0.05, 0) is 109 Å². The first-order valence-corrected chi connectivity index (χ1v) is 17.5. The van der Waals surface area contributed by atoms with E-state index in [0.29, 0.717) is 56.4 Å². The summed E-state index contributed by atoms with van der Waals surface area (Å²) in [4.78, 5) is 22.1. The molecule has 2 fully saturated rings. The number of fused-ring (bicyclic) bond motifs is 1. The maximum absolute atomic E-state index is 16.0. The van der Waals surface area contributed by atoms with Crippen molar-refractivity contribution < 1.29 is 22.0 Å². The van der Waals surface area contributed by atoms with Gasteiger partial charge in [0.2, 0.25) is 10.0 Å². The minimum absolute atomic E-state index is 0.0272. The van der Waals surface area contributed by atoms with Crippen LogP contribution in [0.1, 0.15) is 87.5 Å². The van der Waals surface area contributed by atoms with Crippen molar-refractivity contribution in [3.05, 3.63) is 59.4 Å². The van der Waals surface area contributed by atoms with Crippen molar-refractivity contribution in [3.8, 4) is 11.1 Å². The predicted octanol–water partition coefficient (Wildman–Crippen LogP) is 5.70. The largest absolute Gasteiger partial charge is 0.336 e. The second kappa shape index (κ2) is 12.8. The third-order valence-electron chi connectivity index (χ3n) is 9.43. The average Bonchev–Trinajstić information content (AvgIpc) is 3.60. The molecule has 3 aromatic rings. The summed E-state index contributed by atoms with van der Waals surface area (Å²) >= 11 is 0. The van der Waals surface area contributed by atoms with E-state index in [1.54, 1.807) is 24.1 Å². The Morgan fingerprint density at radius 2 is 1.89 bits per heavy atom. The molecule has 44 heavy (non-hydrogen) atoms. The molecule has 1 amide bonds. The zero-order valence-electron chi connectivity index (χ0n) is 26.4. The Morgan fingerprint density at radius 3 is 2.55 bits per heavy atom. The molecule has 2 aliphatic rings. The fourth-order valence-corrected chi connectivity index (χ4v) is 7.82. The van der Waals surface area contributed by atoms with Crippen LogP contribution < -0.4 is 4.72 Å². The van der Waals surface area contributed by atoms with Crippen LogP contribution in [0.5, 0.6) is 0 Å². The van der Waals surface area contributed by atoms with Crippen molar-refractivity contribution in [2.75, 3.05) is 31.9 Å². The van der Waals surface area contributed by atoms with Gasteiger partial charge < -0.3 is 9.30 Å². The molecule has 5 rings (SSSR count). The van der Waals surface area contributed by atoms with Crippen molar-refractivity contribution in [2.24, 2.45) is 0 Å². The van der Waals surface area contributed by atoms with E-state index >= 15 is 4.39 Å². The van der Waals surface area contributed by atoms with Crippen LogP contribution in [-0.4, -0.2) is 83.2 Å². The van der Waals surface area contributed by atoms with Crippen molar-refractivity contribution in [3.63, 3.8) is 0 Å². The summed E-state index contributed by atoms with van der Waals surface area (Å²) in [5.74, 6) is 0.313. The molecule has 11 heteroatoms. The fraction of sp³-hybridized carbons (Fsp3) is 0.576. The van der Waals surface area contributed by atoms with Gasteiger partial charge in [0, 0.05) is 43.5 Å². The fourth-order valence-electron chi connectivity index (χ4n) is 6.91. The quantitative estimate of drug-likeness (QED) is 0.311. The highest BCUT2D eigenvalue weighted by molar-refractivity contribution is 7.89. The Labute approximate surface area is 259 Å². The second-order valence-electron chi connectivity index (χ2n) is 12.8. The van der Waals surface area contributed by atoms with Gasteiger partial charge >= 0.3 is 0 Å². The van der Waals surface area contributed by atoms with E-state index in [4.69, 9.17) is 0 Å². The number of alkyl halides is 1. The Kier molecular flexibility index (Phi) is 9.49. The van der Waals surface area contributed by atoms with Crippen molar-refractivity contribution >= 4 is 21.4 Å². The topological polar surface area (TPSA) is 87.0 Å². The minimum Gasteiger partial charge on any atom is -0.336 e. The van der Waals surface area contributed by atoms with E-state index in [1.165, 1.54) is 12.1 Å². The molecule has 3 heterocycles. The number of hydrogen-bond acceptors (Lipinski definition) is 5. The van der Waals surface area contributed by atoms with Crippen LogP contribution in [0, 0.1) is 12.7 Å². The molecule has 2 aromatic heterocycles. The zero-order chi connectivity index (χ0) is 31.8. The van der Waals surface area contributed by atoms with E-state index in [9.17, 15) is 17.6 Å². The lowest BCUT2D eigenvalue weighted by Crippen LogP contribution is -2.46. The number of amides is 1. The average molecular weight is 630 g/mol. The summed E-state index contributed by atoms with van der Waals surface area (Å²) in [6.45, 7) is 11.7. The molecule has 1 saturated carbocycles. The minimum atomic E-state index is -3.30. The number of imidazole rings is 1. The smallest absolute Gasteiger partial charge is 0.254 e. The third-order valence-corrected chi connectivity index (χ3v) is 10.9. The molecule has 1 aliphatic carbocycles. The Balaban J connectivity index is 1.39. The first-order valence-electron chi connectivity index (χ1n) is 15.8. The van der Waals surface area contributed by atoms with Crippen LogP contribution in [0.4, 0.5) is 8.78 Å². The van der Waals surface area contributed by atoms with Gasteiger partial charge in [0.1, 0.15) is 17.3 Å². The first-order chi connectivity index (χ1) is 20.8. The van der Waals surface area contributed by atoms with Crippen molar-refractivity contribution in [1.82, 2.24) is 23.9 Å². The third kappa shape index (κ3) is 6.84. The first kappa shape index (κ1) is 32.5. The number of nitrogens with one attached hydrogen (secondary N) is 1. The van der Waals surface area contributed by atoms with E-state index in [2.05, 4.69) is 26.9 Å². The maximum Gasteiger partial charge on any atom is 0.254 e. The zero-order valence-corrected chi connectivity index (χ0v) is 27.3. The van der Waals surface area contributed by atoms with Crippen LogP contribution in [0.2, 0.25) is 0 Å². The predicted molar refractivity (Wildman–Crippen MR) is 170 cm³/mol. The molecular weight excluding hydrogens is 584 g/mol. The van der Waals surface area contributed by atoms with Crippen LogP contribution in [-0.2, 0) is 10.0 Å². The number of rotatable bonds is 10. The molecule has 1 unspecified atom stereocenters. The molecule has 1 saturated heterocycles. The summed E-state index contributed by atoms with van der Waals surface area (Å²) in [5.41, 5.74) is 2.37. The highest BCUT2D eigenvalue weighted by Gasteiger charge is 2.39. The molecule has 0 bridgehead atoms. The molecule has 240 valence electrons. The number of halogens is 2. The SMILES string of the molecule is CCN(C(=O)c1cc(F)ccc1-c1cc(C2CCN(CC3(F)CCC(NS(=O)(=O)CC)CC3)C2)cn2c(C)ncc12)C(C)C. The molecule has 8 nitrogen and oxygen atoms in total. The van der Waals surface area contributed by atoms with Gasteiger partial charge in [-0.25, -0.2) is 26.9 Å². The summed E-state index contributed by atoms with van der Waals surface area (Å²) in [7, 11) is -3.30. The van der Waals surface area contributed by atoms with Crippen LogP contribution in [0.25, 0.3) is 16.6 Å². The number of hydrogen-bond donors (Lipinski definition) is 1. The summed E-state index contributed by atoms with van der Waals surface area (Å²) in [5, 5.41) is 0. The summed E-state index contributed by atoms with van der Waals surface area (Å²) in [6, 6.07) is 6.26. The molecule has 1 atom stereocenters. The molecule has 1 aromatic carbocycles. The number of carbonyl (C=O) groups is 1. The van der Waals surface area contributed by atoms with Gasteiger partial charge in [0.15, 0.2) is 0 Å². The van der Waals surface area contributed by atoms with E-state index in [1.807, 2.05) is 32.1 Å². The van der Waals surface area contributed by atoms with Gasteiger partial charge in [-0.2, -0.15) is 0 Å². The van der Waals surface area contributed by atoms with Gasteiger partial charge in [0.05, 0.1) is 23.0 Å². The summed E-state index contributed by atoms with van der Waals surface area (Å²) < 4.78 is 59.2. The molecule has 0 radical (unpaired) electrons. The van der Waals surface area contributed by atoms with Crippen LogP contribution >= 0.6 is 0 Å². The standard InChI is InChI=1S/C33H45F2N5O3S/c1-6-39(22(3)4)32(41)30-17-26(34)8-9-28(30)29-16-25(20-40-23(5)36-18-31(29)40)24-12-15-38(19-24)21-33(35)13-10-27(11-14-33)37-44(42,43)7-2/h8-9,16-18,20,22,24,27,37H,6-7,10-15,19,21H2,1-5H3. The number of carbonyl (C=O) groups excluding carboxylic acids is 1. The normalized spacial score (nSPS) is 23.1. The Bertz CT molecular complexity index is 1610. The number of sulfonamides is 1. The second-order valence-corrected chi connectivity index (χ2v) is 14.8. The van der Waals surface area contributed by atoms with Crippen LogP contribution in [0.15, 0.2) is 36.7 Å².